The molecule has 2 amide bonds. The van der Waals surface area contributed by atoms with Crippen LogP contribution in [0.25, 0.3) is 0 Å². The first-order chi connectivity index (χ1) is 11.9. The van der Waals surface area contributed by atoms with Gasteiger partial charge in [0.05, 0.1) is 11.5 Å². The number of carbonyl (C=O) groups is 2. The molecule has 0 saturated heterocycles. The van der Waals surface area contributed by atoms with Crippen molar-refractivity contribution in [3.8, 4) is 0 Å². The van der Waals surface area contributed by atoms with Gasteiger partial charge < -0.3 is 10.2 Å². The van der Waals surface area contributed by atoms with Gasteiger partial charge in [-0.1, -0.05) is 29.8 Å². The molecule has 0 fully saturated rings. The molecule has 0 bridgehead atoms. The number of hydrogen-bond acceptors (Lipinski definition) is 3. The molecular formula is C19H21FN2O2S. The van der Waals surface area contributed by atoms with Gasteiger partial charge >= 0.3 is 0 Å². The van der Waals surface area contributed by atoms with E-state index in [1.54, 1.807) is 24.1 Å². The summed E-state index contributed by atoms with van der Waals surface area (Å²) in [7, 11) is 1.69. The number of anilines is 1. The van der Waals surface area contributed by atoms with Crippen molar-refractivity contribution >= 4 is 29.3 Å². The second-order valence-corrected chi connectivity index (χ2v) is 6.77. The van der Waals surface area contributed by atoms with E-state index in [0.717, 1.165) is 16.8 Å². The van der Waals surface area contributed by atoms with Gasteiger partial charge in [0.1, 0.15) is 5.82 Å². The Morgan fingerprint density at radius 2 is 1.68 bits per heavy atom. The van der Waals surface area contributed by atoms with Crippen LogP contribution >= 0.6 is 11.8 Å². The molecule has 0 spiro atoms. The molecular weight excluding hydrogens is 339 g/mol. The predicted molar refractivity (Wildman–Crippen MR) is 100 cm³/mol. The Morgan fingerprint density at radius 1 is 1.04 bits per heavy atom. The number of hydrogen-bond donors (Lipinski definition) is 1. The average molecular weight is 360 g/mol. The van der Waals surface area contributed by atoms with Crippen LogP contribution in [0, 0.1) is 12.7 Å². The van der Waals surface area contributed by atoms with Gasteiger partial charge in [-0.05, 0) is 36.8 Å². The molecule has 0 saturated carbocycles. The summed E-state index contributed by atoms with van der Waals surface area (Å²) >= 11 is 1.27. The van der Waals surface area contributed by atoms with Crippen LogP contribution in [0.1, 0.15) is 11.1 Å². The quantitative estimate of drug-likeness (QED) is 0.823. The van der Waals surface area contributed by atoms with Crippen molar-refractivity contribution in [2.45, 2.75) is 13.5 Å². The number of nitrogens with one attached hydrogen (secondary N) is 1. The van der Waals surface area contributed by atoms with E-state index in [2.05, 4.69) is 5.32 Å². The first-order valence-corrected chi connectivity index (χ1v) is 9.02. The van der Waals surface area contributed by atoms with Gasteiger partial charge in [0.15, 0.2) is 0 Å². The highest BCUT2D eigenvalue weighted by atomic mass is 32.2. The Labute approximate surface area is 151 Å². The van der Waals surface area contributed by atoms with Crippen molar-refractivity contribution < 1.29 is 14.0 Å². The van der Waals surface area contributed by atoms with Gasteiger partial charge in [-0.25, -0.2) is 4.39 Å². The van der Waals surface area contributed by atoms with Crippen molar-refractivity contribution in [3.05, 3.63) is 65.5 Å². The molecule has 2 aromatic rings. The van der Waals surface area contributed by atoms with Gasteiger partial charge in [-0.2, -0.15) is 0 Å². The molecule has 2 rings (SSSR count). The second-order valence-electron chi connectivity index (χ2n) is 5.78. The molecule has 0 aliphatic carbocycles. The van der Waals surface area contributed by atoms with Crippen LogP contribution < -0.4 is 5.32 Å². The maximum Gasteiger partial charge on any atom is 0.234 e. The zero-order valence-electron chi connectivity index (χ0n) is 14.3. The number of carbonyl (C=O) groups excluding carboxylic acids is 2. The molecule has 6 heteroatoms. The van der Waals surface area contributed by atoms with E-state index in [9.17, 15) is 14.0 Å². The maximum atomic E-state index is 12.9. The van der Waals surface area contributed by atoms with E-state index < -0.39 is 0 Å². The molecule has 0 aliphatic rings. The Balaban J connectivity index is 1.71. The Bertz CT molecular complexity index is 717. The first-order valence-electron chi connectivity index (χ1n) is 7.87. The number of aryl methyl sites for hydroxylation is 1. The van der Waals surface area contributed by atoms with Crippen LogP contribution in [0.4, 0.5) is 10.1 Å². The summed E-state index contributed by atoms with van der Waals surface area (Å²) in [5.74, 6) is -0.0728. The normalized spacial score (nSPS) is 10.4. The third-order valence-electron chi connectivity index (χ3n) is 3.55. The zero-order chi connectivity index (χ0) is 18.2. The van der Waals surface area contributed by atoms with Crippen molar-refractivity contribution in [2.75, 3.05) is 23.9 Å². The third-order valence-corrected chi connectivity index (χ3v) is 4.47. The molecule has 0 atom stereocenters. The van der Waals surface area contributed by atoms with Crippen LogP contribution in [0.3, 0.4) is 0 Å². The van der Waals surface area contributed by atoms with Crippen LogP contribution in [0.5, 0.6) is 0 Å². The lowest BCUT2D eigenvalue weighted by atomic mass is 10.2. The summed E-state index contributed by atoms with van der Waals surface area (Å²) in [6.07, 6.45) is 0. The van der Waals surface area contributed by atoms with Crippen molar-refractivity contribution in [3.63, 3.8) is 0 Å². The molecule has 1 N–H and O–H groups in total. The highest BCUT2D eigenvalue weighted by Gasteiger charge is 2.11. The highest BCUT2D eigenvalue weighted by molar-refractivity contribution is 8.00. The van der Waals surface area contributed by atoms with Crippen molar-refractivity contribution in [2.24, 2.45) is 0 Å². The number of rotatable bonds is 7. The Hall–Kier alpha value is -2.34. The lowest BCUT2D eigenvalue weighted by molar-refractivity contribution is -0.127. The molecule has 25 heavy (non-hydrogen) atoms. The minimum atomic E-state index is -0.298. The van der Waals surface area contributed by atoms with E-state index in [4.69, 9.17) is 0 Å². The van der Waals surface area contributed by atoms with Crippen LogP contribution in [-0.2, 0) is 16.1 Å². The van der Waals surface area contributed by atoms with Crippen LogP contribution in [-0.4, -0.2) is 35.3 Å². The van der Waals surface area contributed by atoms with Gasteiger partial charge in [0.25, 0.3) is 0 Å². The fourth-order valence-corrected chi connectivity index (χ4v) is 2.88. The fourth-order valence-electron chi connectivity index (χ4n) is 2.13. The van der Waals surface area contributed by atoms with Gasteiger partial charge in [-0.3, -0.25) is 9.59 Å². The summed E-state index contributed by atoms with van der Waals surface area (Å²) in [6, 6.07) is 13.6. The third kappa shape index (κ3) is 6.58. The number of halogens is 1. The minimum Gasteiger partial charge on any atom is -0.341 e. The molecule has 0 radical (unpaired) electrons. The standard InChI is InChI=1S/C19H21FN2O2S/c1-14-3-9-17(10-4-14)21-18(23)12-25-13-19(24)22(2)11-15-5-7-16(20)8-6-15/h3-10H,11-13H2,1-2H3,(H,21,23). The van der Waals surface area contributed by atoms with Gasteiger partial charge in [0, 0.05) is 19.3 Å². The average Bonchev–Trinajstić information content (AvgIpc) is 2.59. The highest BCUT2D eigenvalue weighted by Crippen LogP contribution is 2.11. The molecule has 0 aromatic heterocycles. The molecule has 2 aromatic carbocycles. The molecule has 0 aliphatic heterocycles. The van der Waals surface area contributed by atoms with Crippen molar-refractivity contribution in [1.82, 2.24) is 4.90 Å². The SMILES string of the molecule is Cc1ccc(NC(=O)CSCC(=O)N(C)Cc2ccc(F)cc2)cc1. The zero-order valence-corrected chi connectivity index (χ0v) is 15.1. The summed E-state index contributed by atoms with van der Waals surface area (Å²) in [5.41, 5.74) is 2.73. The summed E-state index contributed by atoms with van der Waals surface area (Å²) in [4.78, 5) is 25.5. The van der Waals surface area contributed by atoms with E-state index in [0.29, 0.717) is 6.54 Å². The largest absolute Gasteiger partial charge is 0.341 e. The first kappa shape index (κ1) is 19.0. The minimum absolute atomic E-state index is 0.0718. The Morgan fingerprint density at radius 3 is 2.32 bits per heavy atom. The second kappa shape index (κ2) is 9.22. The molecule has 4 nitrogen and oxygen atoms in total. The lowest BCUT2D eigenvalue weighted by Crippen LogP contribution is -2.28. The fraction of sp³-hybridized carbons (Fsp3) is 0.263. The van der Waals surface area contributed by atoms with E-state index in [1.165, 1.54) is 23.9 Å². The van der Waals surface area contributed by atoms with Gasteiger partial charge in [0.2, 0.25) is 11.8 Å². The maximum absolute atomic E-state index is 12.9. The number of amides is 2. The number of nitrogens with zero attached hydrogens (tertiary/aromatic N) is 1. The summed E-state index contributed by atoms with van der Waals surface area (Å²) in [6.45, 7) is 2.39. The summed E-state index contributed by atoms with van der Waals surface area (Å²) in [5, 5.41) is 2.80. The number of thioether (sulfide) groups is 1. The summed E-state index contributed by atoms with van der Waals surface area (Å²) < 4.78 is 12.9. The lowest BCUT2D eigenvalue weighted by Gasteiger charge is -2.17. The number of benzene rings is 2. The van der Waals surface area contributed by atoms with Crippen LogP contribution in [0.2, 0.25) is 0 Å². The van der Waals surface area contributed by atoms with Gasteiger partial charge in [-0.15, -0.1) is 11.8 Å². The smallest absolute Gasteiger partial charge is 0.234 e. The molecule has 0 unspecified atom stereocenters. The predicted octanol–water partition coefficient (Wildman–Crippen LogP) is 3.46. The van der Waals surface area contributed by atoms with E-state index >= 15 is 0 Å². The molecule has 0 heterocycles. The van der Waals surface area contributed by atoms with Crippen LogP contribution in [0.15, 0.2) is 48.5 Å². The molecule has 132 valence electrons. The monoisotopic (exact) mass is 360 g/mol. The Kier molecular flexibility index (Phi) is 7.01. The van der Waals surface area contributed by atoms with Crippen molar-refractivity contribution in [1.29, 1.82) is 0 Å². The van der Waals surface area contributed by atoms with E-state index in [-0.39, 0.29) is 29.1 Å². The van der Waals surface area contributed by atoms with E-state index in [1.807, 2.05) is 31.2 Å². The topological polar surface area (TPSA) is 49.4 Å².